The van der Waals surface area contributed by atoms with Gasteiger partial charge >= 0.3 is 0 Å². The van der Waals surface area contributed by atoms with Crippen molar-refractivity contribution in [2.75, 3.05) is 17.3 Å². The number of hydrogen-bond donors (Lipinski definition) is 3. The van der Waals surface area contributed by atoms with Crippen LogP contribution in [0, 0.1) is 0 Å². The molecular formula is C11H12N4OS. The lowest BCUT2D eigenvalue weighted by atomic mass is 10.2. The molecule has 6 heteroatoms. The average Bonchev–Trinajstić information content (AvgIpc) is 2.76. The van der Waals surface area contributed by atoms with Gasteiger partial charge in [0.15, 0.2) is 0 Å². The van der Waals surface area contributed by atoms with E-state index >= 15 is 0 Å². The summed E-state index contributed by atoms with van der Waals surface area (Å²) in [6.45, 7) is 0. The number of aromatic amines is 1. The molecule has 1 aromatic carbocycles. The first-order valence-electron chi connectivity index (χ1n) is 4.95. The number of carbonyl (C=O) groups excluding carboxylic acids is 1. The van der Waals surface area contributed by atoms with Crippen LogP contribution < -0.4 is 11.1 Å². The smallest absolute Gasteiger partial charge is 0.261 e. The maximum Gasteiger partial charge on any atom is 0.261 e. The number of rotatable bonds is 3. The second kappa shape index (κ2) is 4.92. The minimum Gasteiger partial charge on any atom is -0.383 e. The van der Waals surface area contributed by atoms with E-state index in [1.54, 1.807) is 11.8 Å². The molecule has 1 aromatic heterocycles. The van der Waals surface area contributed by atoms with Crippen molar-refractivity contribution in [3.05, 3.63) is 36.0 Å². The minimum atomic E-state index is -0.269. The molecule has 4 N–H and O–H groups in total. The van der Waals surface area contributed by atoms with E-state index in [1.807, 2.05) is 30.5 Å². The Balaban J connectivity index is 2.16. The molecule has 1 heterocycles. The van der Waals surface area contributed by atoms with Gasteiger partial charge in [-0.15, -0.1) is 11.8 Å². The van der Waals surface area contributed by atoms with Gasteiger partial charge < -0.3 is 11.1 Å². The molecule has 2 rings (SSSR count). The van der Waals surface area contributed by atoms with Crippen LogP contribution in [0.3, 0.4) is 0 Å². The number of carbonyl (C=O) groups is 1. The number of aromatic nitrogens is 2. The second-order valence-electron chi connectivity index (χ2n) is 3.38. The molecule has 0 saturated carbocycles. The van der Waals surface area contributed by atoms with Gasteiger partial charge in [0.1, 0.15) is 11.4 Å². The standard InChI is InChI=1S/C11H12N4OS/c1-17-8-4-2-3-7(5-8)14-11(16)9-6-13-15-10(9)12/h2-6H,1H3,(H,14,16)(H3,12,13,15). The topological polar surface area (TPSA) is 83.8 Å². The van der Waals surface area contributed by atoms with Crippen molar-refractivity contribution in [2.45, 2.75) is 4.90 Å². The molecule has 2 aromatic rings. The number of nitrogens with one attached hydrogen (secondary N) is 2. The minimum absolute atomic E-state index is 0.267. The lowest BCUT2D eigenvalue weighted by Gasteiger charge is -2.05. The Morgan fingerprint density at radius 3 is 3.00 bits per heavy atom. The van der Waals surface area contributed by atoms with Gasteiger partial charge in [-0.05, 0) is 24.5 Å². The van der Waals surface area contributed by atoms with Crippen LogP contribution in [0.1, 0.15) is 10.4 Å². The summed E-state index contributed by atoms with van der Waals surface area (Å²) in [7, 11) is 0. The molecule has 0 saturated heterocycles. The normalized spacial score (nSPS) is 10.2. The predicted octanol–water partition coefficient (Wildman–Crippen LogP) is 1.97. The van der Waals surface area contributed by atoms with Gasteiger partial charge in [-0.25, -0.2) is 0 Å². The highest BCUT2D eigenvalue weighted by molar-refractivity contribution is 7.98. The number of H-pyrrole nitrogens is 1. The Kier molecular flexibility index (Phi) is 3.34. The molecule has 0 spiro atoms. The Bertz CT molecular complexity index is 538. The van der Waals surface area contributed by atoms with E-state index in [1.165, 1.54) is 6.20 Å². The molecule has 0 radical (unpaired) electrons. The molecule has 17 heavy (non-hydrogen) atoms. The number of hydrogen-bond acceptors (Lipinski definition) is 4. The number of amides is 1. The largest absolute Gasteiger partial charge is 0.383 e. The molecule has 0 aliphatic rings. The summed E-state index contributed by atoms with van der Waals surface area (Å²) in [6, 6.07) is 7.60. The maximum absolute atomic E-state index is 11.8. The highest BCUT2D eigenvalue weighted by Crippen LogP contribution is 2.19. The van der Waals surface area contributed by atoms with Gasteiger partial charge in [0.25, 0.3) is 5.91 Å². The molecule has 0 bridgehead atoms. The summed E-state index contributed by atoms with van der Waals surface area (Å²) in [5.41, 5.74) is 6.65. The summed E-state index contributed by atoms with van der Waals surface area (Å²) >= 11 is 1.62. The summed E-state index contributed by atoms with van der Waals surface area (Å²) in [4.78, 5) is 12.9. The van der Waals surface area contributed by atoms with Gasteiger partial charge in [-0.3, -0.25) is 9.89 Å². The van der Waals surface area contributed by atoms with E-state index in [0.717, 1.165) is 10.6 Å². The lowest BCUT2D eigenvalue weighted by Crippen LogP contribution is -2.12. The number of benzene rings is 1. The van der Waals surface area contributed by atoms with Gasteiger partial charge in [-0.2, -0.15) is 5.10 Å². The fourth-order valence-electron chi connectivity index (χ4n) is 1.38. The lowest BCUT2D eigenvalue weighted by molar-refractivity contribution is 0.102. The molecule has 0 aliphatic heterocycles. The van der Waals surface area contributed by atoms with Gasteiger partial charge in [0.05, 0.1) is 6.20 Å². The van der Waals surface area contributed by atoms with E-state index in [0.29, 0.717) is 5.56 Å². The number of nitrogens with two attached hydrogens (primary N) is 1. The van der Waals surface area contributed by atoms with Crippen molar-refractivity contribution in [1.82, 2.24) is 10.2 Å². The van der Waals surface area contributed by atoms with E-state index in [4.69, 9.17) is 5.73 Å². The van der Waals surface area contributed by atoms with Crippen LogP contribution in [0.2, 0.25) is 0 Å². The Hall–Kier alpha value is -1.95. The van der Waals surface area contributed by atoms with E-state index < -0.39 is 0 Å². The van der Waals surface area contributed by atoms with Crippen molar-refractivity contribution in [3.8, 4) is 0 Å². The third-order valence-corrected chi connectivity index (χ3v) is 2.97. The van der Waals surface area contributed by atoms with Gasteiger partial charge in [0.2, 0.25) is 0 Å². The van der Waals surface area contributed by atoms with Crippen molar-refractivity contribution < 1.29 is 4.79 Å². The second-order valence-corrected chi connectivity index (χ2v) is 4.26. The molecule has 5 nitrogen and oxygen atoms in total. The fraction of sp³-hybridized carbons (Fsp3) is 0.0909. The monoisotopic (exact) mass is 248 g/mol. The number of anilines is 2. The molecule has 0 fully saturated rings. The van der Waals surface area contributed by atoms with Crippen molar-refractivity contribution >= 4 is 29.2 Å². The zero-order valence-electron chi connectivity index (χ0n) is 9.23. The Labute approximate surface area is 103 Å². The zero-order chi connectivity index (χ0) is 12.3. The van der Waals surface area contributed by atoms with Crippen LogP contribution in [0.25, 0.3) is 0 Å². The third-order valence-electron chi connectivity index (χ3n) is 2.24. The molecule has 0 atom stereocenters. The first kappa shape index (κ1) is 11.5. The summed E-state index contributed by atoms with van der Waals surface area (Å²) in [5, 5.41) is 8.99. The number of nitrogens with zero attached hydrogens (tertiary/aromatic N) is 1. The molecule has 88 valence electrons. The van der Waals surface area contributed by atoms with Gasteiger partial charge in [0, 0.05) is 10.6 Å². The van der Waals surface area contributed by atoms with Crippen LogP contribution in [-0.4, -0.2) is 22.4 Å². The van der Waals surface area contributed by atoms with Crippen LogP contribution in [0.5, 0.6) is 0 Å². The summed E-state index contributed by atoms with van der Waals surface area (Å²) in [5.74, 6) is -0.00183. The van der Waals surface area contributed by atoms with Crippen LogP contribution in [-0.2, 0) is 0 Å². The van der Waals surface area contributed by atoms with Crippen molar-refractivity contribution in [2.24, 2.45) is 0 Å². The highest BCUT2D eigenvalue weighted by Gasteiger charge is 2.11. The number of nitrogen functional groups attached to an aromatic ring is 1. The molecular weight excluding hydrogens is 236 g/mol. The molecule has 0 unspecified atom stereocenters. The van der Waals surface area contributed by atoms with E-state index in [2.05, 4.69) is 15.5 Å². The zero-order valence-corrected chi connectivity index (χ0v) is 10.0. The average molecular weight is 248 g/mol. The Morgan fingerprint density at radius 1 is 1.53 bits per heavy atom. The van der Waals surface area contributed by atoms with Crippen LogP contribution >= 0.6 is 11.8 Å². The first-order valence-corrected chi connectivity index (χ1v) is 6.17. The van der Waals surface area contributed by atoms with Crippen molar-refractivity contribution in [1.29, 1.82) is 0 Å². The fourth-order valence-corrected chi connectivity index (χ4v) is 1.84. The SMILES string of the molecule is CSc1cccc(NC(=O)c2cn[nH]c2N)c1. The van der Waals surface area contributed by atoms with Crippen LogP contribution in [0.4, 0.5) is 11.5 Å². The molecule has 1 amide bonds. The highest BCUT2D eigenvalue weighted by atomic mass is 32.2. The third kappa shape index (κ3) is 2.59. The quantitative estimate of drug-likeness (QED) is 0.725. The van der Waals surface area contributed by atoms with Crippen LogP contribution in [0.15, 0.2) is 35.4 Å². The van der Waals surface area contributed by atoms with E-state index in [-0.39, 0.29) is 11.7 Å². The maximum atomic E-state index is 11.8. The first-order chi connectivity index (χ1) is 8.20. The molecule has 0 aliphatic carbocycles. The summed E-state index contributed by atoms with van der Waals surface area (Å²) < 4.78 is 0. The Morgan fingerprint density at radius 2 is 2.35 bits per heavy atom. The van der Waals surface area contributed by atoms with Gasteiger partial charge in [-0.1, -0.05) is 6.07 Å². The predicted molar refractivity (Wildman–Crippen MR) is 69.2 cm³/mol. The summed E-state index contributed by atoms with van der Waals surface area (Å²) in [6.07, 6.45) is 3.39. The number of thioether (sulfide) groups is 1. The van der Waals surface area contributed by atoms with E-state index in [9.17, 15) is 4.79 Å². The van der Waals surface area contributed by atoms with Crippen molar-refractivity contribution in [3.63, 3.8) is 0 Å².